The Hall–Kier alpha value is -1.89. The van der Waals surface area contributed by atoms with Gasteiger partial charge in [0.05, 0.1) is 12.5 Å². The number of aryl methyl sites for hydroxylation is 1. The van der Waals surface area contributed by atoms with Crippen molar-refractivity contribution in [2.75, 3.05) is 7.11 Å². The summed E-state index contributed by atoms with van der Waals surface area (Å²) in [6.45, 7) is 2.43. The molecule has 28 heavy (non-hydrogen) atoms. The minimum atomic E-state index is -0.298. The molecule has 3 rings (SSSR count). The number of carbonyl (C=O) groups is 1. The van der Waals surface area contributed by atoms with E-state index in [1.165, 1.54) is 18.4 Å². The fourth-order valence-electron chi connectivity index (χ4n) is 2.97. The summed E-state index contributed by atoms with van der Waals surface area (Å²) in [7, 11) is 1.35. The first-order chi connectivity index (χ1) is 13.4. The quantitative estimate of drug-likeness (QED) is 0.493. The number of hydrogen-bond acceptors (Lipinski definition) is 5. The number of aromatic nitrogens is 2. The lowest BCUT2D eigenvalue weighted by Crippen LogP contribution is -2.25. The lowest BCUT2D eigenvalue weighted by Gasteiger charge is -2.13. The molecule has 0 aliphatic carbocycles. The fourth-order valence-corrected chi connectivity index (χ4v) is 4.42. The molecule has 0 saturated heterocycles. The number of nitrogens with zero attached hydrogens (tertiary/aromatic N) is 2. The van der Waals surface area contributed by atoms with Crippen LogP contribution in [0.2, 0.25) is 10.0 Å². The van der Waals surface area contributed by atoms with Crippen LogP contribution in [-0.4, -0.2) is 22.6 Å². The summed E-state index contributed by atoms with van der Waals surface area (Å²) in [6, 6.07) is 7.19. The molecule has 0 amide bonds. The maximum Gasteiger partial charge on any atom is 0.305 e. The highest BCUT2D eigenvalue weighted by atomic mass is 35.5. The van der Waals surface area contributed by atoms with E-state index in [1.807, 2.05) is 19.1 Å². The van der Waals surface area contributed by atoms with E-state index in [9.17, 15) is 9.59 Å². The van der Waals surface area contributed by atoms with Crippen LogP contribution in [0.15, 0.2) is 29.1 Å². The molecule has 0 saturated carbocycles. The topological polar surface area (TPSA) is 61.2 Å². The van der Waals surface area contributed by atoms with E-state index in [-0.39, 0.29) is 17.9 Å². The summed E-state index contributed by atoms with van der Waals surface area (Å²) in [5, 5.41) is 1.70. The first kappa shape index (κ1) is 20.8. The van der Waals surface area contributed by atoms with Gasteiger partial charge in [0.2, 0.25) is 0 Å². The Morgan fingerprint density at radius 2 is 2.07 bits per heavy atom. The van der Waals surface area contributed by atoms with Crippen LogP contribution in [-0.2, 0) is 28.9 Å². The van der Waals surface area contributed by atoms with Gasteiger partial charge in [-0.1, -0.05) is 36.2 Å². The van der Waals surface area contributed by atoms with Crippen LogP contribution in [0.25, 0.3) is 10.2 Å². The Kier molecular flexibility index (Phi) is 6.75. The molecule has 1 aromatic carbocycles. The fraction of sp³-hybridized carbons (Fsp3) is 0.350. The number of fused-ring (bicyclic) bond motifs is 1. The van der Waals surface area contributed by atoms with E-state index in [2.05, 4.69) is 4.74 Å². The number of rotatable bonds is 7. The van der Waals surface area contributed by atoms with Gasteiger partial charge < -0.3 is 4.74 Å². The lowest BCUT2D eigenvalue weighted by atomic mass is 10.1. The van der Waals surface area contributed by atoms with E-state index < -0.39 is 0 Å². The number of ether oxygens (including phenoxy) is 1. The second-order valence-electron chi connectivity index (χ2n) is 6.36. The largest absolute Gasteiger partial charge is 0.469 e. The third kappa shape index (κ3) is 4.57. The van der Waals surface area contributed by atoms with Gasteiger partial charge in [0.25, 0.3) is 5.56 Å². The SMILES string of the molecule is CCc1cc2c(=O)n(CCCC(=O)OC)c(Cc3ccc(Cl)cc3Cl)nc2s1. The highest BCUT2D eigenvalue weighted by molar-refractivity contribution is 7.18. The Balaban J connectivity index is 2.03. The van der Waals surface area contributed by atoms with Crippen molar-refractivity contribution in [2.45, 2.75) is 39.2 Å². The second-order valence-corrected chi connectivity index (χ2v) is 8.32. The minimum absolute atomic E-state index is 0.0918. The van der Waals surface area contributed by atoms with Gasteiger partial charge in [0.15, 0.2) is 0 Å². The summed E-state index contributed by atoms with van der Waals surface area (Å²) in [5.74, 6) is 0.323. The van der Waals surface area contributed by atoms with E-state index in [4.69, 9.17) is 28.2 Å². The van der Waals surface area contributed by atoms with Crippen molar-refractivity contribution in [3.05, 3.63) is 60.9 Å². The molecule has 0 fully saturated rings. The predicted molar refractivity (Wildman–Crippen MR) is 114 cm³/mol. The molecular weight excluding hydrogens is 419 g/mol. The van der Waals surface area contributed by atoms with Crippen molar-refractivity contribution in [3.63, 3.8) is 0 Å². The molecule has 2 aromatic heterocycles. The van der Waals surface area contributed by atoms with Crippen LogP contribution >= 0.6 is 34.5 Å². The molecule has 0 spiro atoms. The summed E-state index contributed by atoms with van der Waals surface area (Å²) in [6.07, 6.45) is 1.98. The molecule has 0 bridgehead atoms. The zero-order valence-corrected chi connectivity index (χ0v) is 18.0. The van der Waals surface area contributed by atoms with Crippen molar-refractivity contribution >= 4 is 50.7 Å². The summed E-state index contributed by atoms with van der Waals surface area (Å²) < 4.78 is 6.33. The molecule has 2 heterocycles. The number of thiophene rings is 1. The highest BCUT2D eigenvalue weighted by Crippen LogP contribution is 2.26. The molecular formula is C20H20Cl2N2O3S. The van der Waals surface area contributed by atoms with Crippen LogP contribution in [0.3, 0.4) is 0 Å². The van der Waals surface area contributed by atoms with Crippen LogP contribution in [0.4, 0.5) is 0 Å². The van der Waals surface area contributed by atoms with E-state index in [0.717, 1.165) is 21.7 Å². The minimum Gasteiger partial charge on any atom is -0.469 e. The summed E-state index contributed by atoms with van der Waals surface area (Å²) >= 11 is 13.8. The molecule has 0 aliphatic heterocycles. The molecule has 0 atom stereocenters. The maximum absolute atomic E-state index is 13.1. The average molecular weight is 439 g/mol. The lowest BCUT2D eigenvalue weighted by molar-refractivity contribution is -0.140. The standard InChI is InChI=1S/C20H20Cl2N2O3S/c1-3-14-11-15-19(28-14)23-17(9-12-6-7-13(21)10-16(12)22)24(20(15)26)8-4-5-18(25)27-2/h6-7,10-11H,3-5,8-9H2,1-2H3. The van der Waals surface area contributed by atoms with E-state index in [1.54, 1.807) is 16.7 Å². The number of methoxy groups -OCH3 is 1. The Labute approximate surface area is 176 Å². The maximum atomic E-state index is 13.1. The van der Waals surface area contributed by atoms with Gasteiger partial charge in [-0.3, -0.25) is 14.2 Å². The first-order valence-corrected chi connectivity index (χ1v) is 10.5. The molecule has 0 N–H and O–H groups in total. The Morgan fingerprint density at radius 1 is 1.29 bits per heavy atom. The number of benzene rings is 1. The van der Waals surface area contributed by atoms with Gasteiger partial charge in [-0.05, 0) is 36.6 Å². The van der Waals surface area contributed by atoms with Crippen molar-refractivity contribution in [1.29, 1.82) is 0 Å². The highest BCUT2D eigenvalue weighted by Gasteiger charge is 2.16. The van der Waals surface area contributed by atoms with E-state index >= 15 is 0 Å². The van der Waals surface area contributed by atoms with E-state index in [0.29, 0.717) is 40.6 Å². The Bertz CT molecular complexity index is 1080. The molecule has 0 aliphatic rings. The number of esters is 1. The molecule has 0 unspecified atom stereocenters. The van der Waals surface area contributed by atoms with Gasteiger partial charge in [-0.25, -0.2) is 4.98 Å². The molecule has 5 nitrogen and oxygen atoms in total. The Morgan fingerprint density at radius 3 is 2.75 bits per heavy atom. The third-order valence-corrected chi connectivity index (χ3v) is 6.24. The van der Waals surface area contributed by atoms with Crippen molar-refractivity contribution in [2.24, 2.45) is 0 Å². The number of hydrogen-bond donors (Lipinski definition) is 0. The van der Waals surface area contributed by atoms with Gasteiger partial charge >= 0.3 is 5.97 Å². The van der Waals surface area contributed by atoms with Crippen molar-refractivity contribution in [3.8, 4) is 0 Å². The summed E-state index contributed by atoms with van der Waals surface area (Å²) in [5.41, 5.74) is 0.747. The molecule has 148 valence electrons. The molecule has 8 heteroatoms. The van der Waals surface area contributed by atoms with Crippen molar-refractivity contribution in [1.82, 2.24) is 9.55 Å². The monoisotopic (exact) mass is 438 g/mol. The smallest absolute Gasteiger partial charge is 0.305 e. The van der Waals surface area contributed by atoms with Gasteiger partial charge in [0.1, 0.15) is 10.7 Å². The molecule has 0 radical (unpaired) electrons. The van der Waals surface area contributed by atoms with Crippen LogP contribution < -0.4 is 5.56 Å². The van der Waals surface area contributed by atoms with Gasteiger partial charge in [-0.2, -0.15) is 0 Å². The molecule has 3 aromatic rings. The number of halogens is 2. The van der Waals surface area contributed by atoms with Gasteiger partial charge in [0, 0.05) is 34.3 Å². The van der Waals surface area contributed by atoms with Crippen LogP contribution in [0.5, 0.6) is 0 Å². The first-order valence-electron chi connectivity index (χ1n) is 8.95. The van der Waals surface area contributed by atoms with Gasteiger partial charge in [-0.15, -0.1) is 11.3 Å². The normalized spacial score (nSPS) is 11.1. The zero-order valence-electron chi connectivity index (χ0n) is 15.6. The third-order valence-electron chi connectivity index (χ3n) is 4.48. The summed E-state index contributed by atoms with van der Waals surface area (Å²) in [4.78, 5) is 31.1. The van der Waals surface area contributed by atoms with Crippen LogP contribution in [0.1, 0.15) is 36.0 Å². The van der Waals surface area contributed by atoms with Crippen molar-refractivity contribution < 1.29 is 9.53 Å². The average Bonchev–Trinajstić information content (AvgIpc) is 3.09. The number of carbonyl (C=O) groups excluding carboxylic acids is 1. The predicted octanol–water partition coefficient (Wildman–Crippen LogP) is 4.87. The zero-order chi connectivity index (χ0) is 20.3. The second kappa shape index (κ2) is 9.07. The van der Waals surface area contributed by atoms with Crippen LogP contribution in [0, 0.1) is 0 Å².